The van der Waals surface area contributed by atoms with E-state index in [1.54, 1.807) is 24.3 Å². The van der Waals surface area contributed by atoms with Gasteiger partial charge in [0.05, 0.1) is 30.1 Å². The molecular weight excluding hydrogens is 435 g/mol. The van der Waals surface area contributed by atoms with Gasteiger partial charge in [0.15, 0.2) is 11.5 Å². The molecule has 0 bridgehead atoms. The Morgan fingerprint density at radius 1 is 1.24 bits per heavy atom. The zero-order valence-corrected chi connectivity index (χ0v) is 17.0. The van der Waals surface area contributed by atoms with E-state index in [1.165, 1.54) is 10.7 Å². The van der Waals surface area contributed by atoms with Crippen LogP contribution in [0.4, 0.5) is 18.9 Å². The van der Waals surface area contributed by atoms with Crippen LogP contribution in [0.1, 0.15) is 39.5 Å². The topological polar surface area (TPSA) is 99.8 Å². The van der Waals surface area contributed by atoms with Gasteiger partial charge in [-0.25, -0.2) is 13.2 Å². The molecule has 0 saturated heterocycles. The van der Waals surface area contributed by atoms with Crippen molar-refractivity contribution in [1.82, 2.24) is 15.1 Å². The van der Waals surface area contributed by atoms with Crippen LogP contribution in [0.5, 0.6) is 0 Å². The maximum absolute atomic E-state index is 14.5. The van der Waals surface area contributed by atoms with Crippen molar-refractivity contribution in [2.75, 3.05) is 5.32 Å². The average molecular weight is 451 g/mol. The van der Waals surface area contributed by atoms with Crippen LogP contribution in [0.3, 0.4) is 0 Å². The van der Waals surface area contributed by atoms with Crippen molar-refractivity contribution in [3.8, 4) is 6.07 Å². The second kappa shape index (κ2) is 7.78. The number of nitrogens with one attached hydrogen (secondary N) is 2. The molecule has 1 aromatic heterocycles. The SMILES string of the molecule is N#Cc1cccc(Cn2cc(F)c(C(=O)N[C@@H]3C(=O)Nc4c(F)cc(F)cc4C4C[C@@H]43)n2)c1. The molecule has 1 saturated carbocycles. The molecular formula is C23H16F3N5O2. The molecule has 2 amide bonds. The zero-order valence-electron chi connectivity index (χ0n) is 17.0. The van der Waals surface area contributed by atoms with Crippen LogP contribution in [0.25, 0.3) is 0 Å². The fourth-order valence-electron chi connectivity index (χ4n) is 4.29. The van der Waals surface area contributed by atoms with Crippen LogP contribution >= 0.6 is 0 Å². The van der Waals surface area contributed by atoms with Crippen molar-refractivity contribution in [2.24, 2.45) is 5.92 Å². The average Bonchev–Trinajstić information content (AvgIpc) is 3.49. The number of hydrogen-bond acceptors (Lipinski definition) is 4. The molecule has 5 rings (SSSR count). The second-order valence-corrected chi connectivity index (χ2v) is 8.13. The lowest BCUT2D eigenvalue weighted by Gasteiger charge is -2.16. The first-order valence-corrected chi connectivity index (χ1v) is 10.2. The maximum atomic E-state index is 14.5. The third-order valence-electron chi connectivity index (χ3n) is 5.90. The summed E-state index contributed by atoms with van der Waals surface area (Å²) in [4.78, 5) is 25.4. The van der Waals surface area contributed by atoms with Crippen molar-refractivity contribution in [3.63, 3.8) is 0 Å². The summed E-state index contributed by atoms with van der Waals surface area (Å²) in [6.45, 7) is 0.133. The standard InChI is InChI=1S/C23H16F3N5O2/c24-13-5-15-14-7-16(14)20(22(32)28-19(15)17(25)6-13)29-23(33)21-18(26)10-31(30-21)9-12-3-1-2-11(4-12)8-27/h1-6,10,14,16,20H,7,9H2,(H,28,32)(H,29,33)/t14?,16-,20-/m0/s1. The maximum Gasteiger partial charge on any atom is 0.275 e. The molecule has 2 N–H and O–H groups in total. The van der Waals surface area contributed by atoms with Gasteiger partial charge >= 0.3 is 0 Å². The number of nitrogens with zero attached hydrogens (tertiary/aromatic N) is 3. The third kappa shape index (κ3) is 3.82. The summed E-state index contributed by atoms with van der Waals surface area (Å²) in [5.41, 5.74) is 0.891. The van der Waals surface area contributed by atoms with Gasteiger partial charge < -0.3 is 10.6 Å². The molecule has 1 unspecified atom stereocenters. The minimum Gasteiger partial charge on any atom is -0.338 e. The number of halogens is 3. The van der Waals surface area contributed by atoms with Gasteiger partial charge in [0, 0.05) is 6.07 Å². The largest absolute Gasteiger partial charge is 0.338 e. The van der Waals surface area contributed by atoms with Gasteiger partial charge in [-0.15, -0.1) is 0 Å². The van der Waals surface area contributed by atoms with Crippen LogP contribution in [0, 0.1) is 34.7 Å². The Bertz CT molecular complexity index is 1350. The Labute approximate surface area is 185 Å². The molecule has 0 radical (unpaired) electrons. The molecule has 0 spiro atoms. The molecule has 1 aliphatic carbocycles. The van der Waals surface area contributed by atoms with Crippen LogP contribution in [-0.2, 0) is 11.3 Å². The number of fused-ring (bicyclic) bond motifs is 3. The number of nitriles is 1. The summed E-state index contributed by atoms with van der Waals surface area (Å²) in [7, 11) is 0. The van der Waals surface area contributed by atoms with Crippen molar-refractivity contribution in [1.29, 1.82) is 5.26 Å². The van der Waals surface area contributed by atoms with E-state index >= 15 is 0 Å². The fourth-order valence-corrected chi connectivity index (χ4v) is 4.29. The van der Waals surface area contributed by atoms with E-state index in [2.05, 4.69) is 15.7 Å². The van der Waals surface area contributed by atoms with Gasteiger partial charge in [-0.05, 0) is 47.6 Å². The molecule has 10 heteroatoms. The smallest absolute Gasteiger partial charge is 0.275 e. The van der Waals surface area contributed by atoms with Crippen LogP contribution < -0.4 is 10.6 Å². The van der Waals surface area contributed by atoms with E-state index in [0.717, 1.165) is 6.20 Å². The summed E-state index contributed by atoms with van der Waals surface area (Å²) < 4.78 is 43.5. The first-order valence-electron chi connectivity index (χ1n) is 10.2. The number of carbonyl (C=O) groups excluding carboxylic acids is 2. The van der Waals surface area contributed by atoms with Crippen LogP contribution in [-0.4, -0.2) is 27.6 Å². The lowest BCUT2D eigenvalue weighted by Crippen LogP contribution is -2.45. The number of amides is 2. The highest BCUT2D eigenvalue weighted by Crippen LogP contribution is 2.54. The molecule has 1 aliphatic heterocycles. The second-order valence-electron chi connectivity index (χ2n) is 8.13. The van der Waals surface area contributed by atoms with Gasteiger partial charge in [0.2, 0.25) is 5.91 Å². The predicted octanol–water partition coefficient (Wildman–Crippen LogP) is 3.07. The molecule has 2 aromatic carbocycles. The first kappa shape index (κ1) is 20.8. The van der Waals surface area contributed by atoms with Gasteiger partial charge in [-0.3, -0.25) is 14.3 Å². The summed E-state index contributed by atoms with van der Waals surface area (Å²) >= 11 is 0. The summed E-state index contributed by atoms with van der Waals surface area (Å²) in [5.74, 6) is -4.72. The van der Waals surface area contributed by atoms with Crippen molar-refractivity contribution >= 4 is 17.5 Å². The van der Waals surface area contributed by atoms with Crippen molar-refractivity contribution < 1.29 is 22.8 Å². The Balaban J connectivity index is 1.34. The van der Waals surface area contributed by atoms with Gasteiger partial charge in [-0.2, -0.15) is 10.4 Å². The summed E-state index contributed by atoms with van der Waals surface area (Å²) in [6, 6.07) is 9.51. The summed E-state index contributed by atoms with van der Waals surface area (Å²) in [5, 5.41) is 17.9. The van der Waals surface area contributed by atoms with E-state index in [0.29, 0.717) is 29.2 Å². The van der Waals surface area contributed by atoms with E-state index in [1.807, 2.05) is 6.07 Å². The molecule has 2 heterocycles. The molecule has 166 valence electrons. The van der Waals surface area contributed by atoms with Crippen LogP contribution in [0.2, 0.25) is 0 Å². The molecule has 1 fully saturated rings. The Kier molecular flexibility index (Phi) is 4.89. The number of hydrogen-bond donors (Lipinski definition) is 2. The predicted molar refractivity (Wildman–Crippen MR) is 110 cm³/mol. The highest BCUT2D eigenvalue weighted by molar-refractivity contribution is 6.02. The quantitative estimate of drug-likeness (QED) is 0.637. The van der Waals surface area contributed by atoms with E-state index < -0.39 is 41.0 Å². The first-order chi connectivity index (χ1) is 15.8. The summed E-state index contributed by atoms with van der Waals surface area (Å²) in [6.07, 6.45) is 1.51. The minimum absolute atomic E-state index is 0.0966. The number of benzene rings is 2. The minimum atomic E-state index is -1.05. The van der Waals surface area contributed by atoms with E-state index in [4.69, 9.17) is 5.26 Å². The Morgan fingerprint density at radius 2 is 2.06 bits per heavy atom. The molecule has 33 heavy (non-hydrogen) atoms. The molecule has 7 nitrogen and oxygen atoms in total. The number of rotatable bonds is 4. The normalized spacial score (nSPS) is 20.7. The zero-order chi connectivity index (χ0) is 23.3. The van der Waals surface area contributed by atoms with Gasteiger partial charge in [0.1, 0.15) is 17.7 Å². The number of carbonyl (C=O) groups is 2. The fraction of sp³-hybridized carbons (Fsp3) is 0.217. The molecule has 3 atom stereocenters. The highest BCUT2D eigenvalue weighted by Gasteiger charge is 2.51. The Hall–Kier alpha value is -4.13. The van der Waals surface area contributed by atoms with E-state index in [9.17, 15) is 22.8 Å². The molecule has 3 aromatic rings. The molecule has 2 aliphatic rings. The Morgan fingerprint density at radius 3 is 2.85 bits per heavy atom. The van der Waals surface area contributed by atoms with Crippen molar-refractivity contribution in [2.45, 2.75) is 24.9 Å². The monoisotopic (exact) mass is 451 g/mol. The lowest BCUT2D eigenvalue weighted by molar-refractivity contribution is -0.118. The van der Waals surface area contributed by atoms with Crippen molar-refractivity contribution in [3.05, 3.63) is 82.4 Å². The van der Waals surface area contributed by atoms with Crippen LogP contribution in [0.15, 0.2) is 42.6 Å². The number of anilines is 1. The third-order valence-corrected chi connectivity index (χ3v) is 5.90. The van der Waals surface area contributed by atoms with Gasteiger partial charge in [-0.1, -0.05) is 12.1 Å². The lowest BCUT2D eigenvalue weighted by atomic mass is 10.1. The highest BCUT2D eigenvalue weighted by atomic mass is 19.1. The number of aromatic nitrogens is 2. The van der Waals surface area contributed by atoms with Gasteiger partial charge in [0.25, 0.3) is 5.91 Å². The van der Waals surface area contributed by atoms with E-state index in [-0.39, 0.29) is 24.1 Å².